The Kier molecular flexibility index (Phi) is 5.91. The van der Waals surface area contributed by atoms with Crippen molar-refractivity contribution >= 4 is 76.9 Å². The Bertz CT molecular complexity index is 1500. The first-order chi connectivity index (χ1) is 15.7. The maximum atomic E-state index is 13.4. The summed E-state index contributed by atoms with van der Waals surface area (Å²) in [6.45, 7) is 7.41. The lowest BCUT2D eigenvalue weighted by atomic mass is 10.1. The molecule has 0 bridgehead atoms. The third-order valence-corrected chi connectivity index (χ3v) is 9.84. The molecule has 2 aromatic carbocycles. The summed E-state index contributed by atoms with van der Waals surface area (Å²) in [6, 6.07) is 8.85. The van der Waals surface area contributed by atoms with Gasteiger partial charge in [0, 0.05) is 48.5 Å². The van der Waals surface area contributed by atoms with Gasteiger partial charge in [0.15, 0.2) is 0 Å². The third kappa shape index (κ3) is 4.15. The minimum atomic E-state index is -3.83. The predicted octanol–water partition coefficient (Wildman–Crippen LogP) is 5.58. The molecule has 172 valence electrons. The van der Waals surface area contributed by atoms with Gasteiger partial charge in [0.1, 0.15) is 4.21 Å². The molecule has 0 amide bonds. The molecule has 0 aliphatic carbocycles. The van der Waals surface area contributed by atoms with Crippen LogP contribution in [0.1, 0.15) is 11.1 Å². The highest BCUT2D eigenvalue weighted by Gasteiger charge is 2.24. The minimum Gasteiger partial charge on any atom is -0.368 e. The number of thiophene rings is 1. The van der Waals surface area contributed by atoms with E-state index in [-0.39, 0.29) is 4.21 Å². The number of piperazine rings is 1. The zero-order valence-electron chi connectivity index (χ0n) is 18.1. The Balaban J connectivity index is 1.57. The summed E-state index contributed by atoms with van der Waals surface area (Å²) in [5.41, 5.74) is 4.12. The number of nitrogens with zero attached hydrogens (tertiary/aromatic N) is 2. The van der Waals surface area contributed by atoms with Crippen LogP contribution < -0.4 is 14.9 Å². The zero-order valence-corrected chi connectivity index (χ0v) is 21.2. The molecule has 3 heterocycles. The van der Waals surface area contributed by atoms with Gasteiger partial charge in [-0.05, 0) is 60.7 Å². The van der Waals surface area contributed by atoms with Gasteiger partial charge in [-0.15, -0.1) is 11.3 Å². The SMILES string of the molecule is Cc1cnc2ccc(NS(=O)(=O)c3sc4c(Cl)cc(Cl)cc4c3C)cc2c1N1CCNCC1. The van der Waals surface area contributed by atoms with Crippen LogP contribution in [0.4, 0.5) is 11.4 Å². The molecule has 0 saturated carbocycles. The van der Waals surface area contributed by atoms with Gasteiger partial charge in [0.2, 0.25) is 0 Å². The molecule has 2 aromatic heterocycles. The Labute approximate surface area is 206 Å². The van der Waals surface area contributed by atoms with Crippen LogP contribution in [-0.4, -0.2) is 39.6 Å². The average Bonchev–Trinajstić information content (AvgIpc) is 3.11. The molecule has 1 aliphatic heterocycles. The number of pyridine rings is 1. The van der Waals surface area contributed by atoms with E-state index in [1.165, 1.54) is 0 Å². The van der Waals surface area contributed by atoms with Crippen molar-refractivity contribution in [2.75, 3.05) is 35.8 Å². The van der Waals surface area contributed by atoms with Crippen LogP contribution in [0, 0.1) is 13.8 Å². The van der Waals surface area contributed by atoms with Crippen molar-refractivity contribution in [1.82, 2.24) is 10.3 Å². The average molecular weight is 521 g/mol. The lowest BCUT2D eigenvalue weighted by Gasteiger charge is -2.31. The standard InChI is InChI=1S/C23H22Cl2N4O2S2/c1-13-12-27-20-4-3-16(11-18(20)21(13)29-7-5-26-6-8-29)28-33(30,31)23-14(2)17-9-15(24)10-19(25)22(17)32-23/h3-4,9-12,26,28H,5-8H2,1-2H3. The maximum absolute atomic E-state index is 13.4. The lowest BCUT2D eigenvalue weighted by Crippen LogP contribution is -2.43. The first-order valence-corrected chi connectivity index (χ1v) is 13.6. The Morgan fingerprint density at radius 1 is 1.09 bits per heavy atom. The second-order valence-electron chi connectivity index (χ2n) is 8.14. The minimum absolute atomic E-state index is 0.228. The number of fused-ring (bicyclic) bond motifs is 2. The lowest BCUT2D eigenvalue weighted by molar-refractivity contribution is 0.589. The number of anilines is 2. The summed E-state index contributed by atoms with van der Waals surface area (Å²) in [5, 5.41) is 5.97. The fraction of sp³-hybridized carbons (Fsp3) is 0.261. The highest BCUT2D eigenvalue weighted by Crippen LogP contribution is 2.41. The first kappa shape index (κ1) is 22.7. The highest BCUT2D eigenvalue weighted by atomic mass is 35.5. The number of nitrogens with one attached hydrogen (secondary N) is 2. The van der Waals surface area contributed by atoms with E-state index >= 15 is 0 Å². The summed E-state index contributed by atoms with van der Waals surface area (Å²) in [5.74, 6) is 0. The Morgan fingerprint density at radius 3 is 2.61 bits per heavy atom. The monoisotopic (exact) mass is 520 g/mol. The van der Waals surface area contributed by atoms with Crippen LogP contribution in [-0.2, 0) is 10.0 Å². The number of sulfonamides is 1. The van der Waals surface area contributed by atoms with Crippen LogP contribution in [0.25, 0.3) is 21.0 Å². The van der Waals surface area contributed by atoms with Crippen LogP contribution in [0.2, 0.25) is 10.0 Å². The van der Waals surface area contributed by atoms with Crippen molar-refractivity contribution in [2.45, 2.75) is 18.1 Å². The molecule has 6 nitrogen and oxygen atoms in total. The molecule has 33 heavy (non-hydrogen) atoms. The number of halogens is 2. The van der Waals surface area contributed by atoms with Gasteiger partial charge in [-0.3, -0.25) is 9.71 Å². The predicted molar refractivity (Wildman–Crippen MR) is 139 cm³/mol. The van der Waals surface area contributed by atoms with E-state index in [4.69, 9.17) is 23.2 Å². The Hall–Kier alpha value is -2.10. The van der Waals surface area contributed by atoms with E-state index in [9.17, 15) is 8.42 Å². The van der Waals surface area contributed by atoms with Crippen molar-refractivity contribution in [1.29, 1.82) is 0 Å². The van der Waals surface area contributed by atoms with Gasteiger partial charge in [0.05, 0.1) is 20.9 Å². The van der Waals surface area contributed by atoms with E-state index in [1.54, 1.807) is 25.1 Å². The van der Waals surface area contributed by atoms with E-state index in [0.717, 1.165) is 65.1 Å². The third-order valence-electron chi connectivity index (χ3n) is 5.87. The fourth-order valence-electron chi connectivity index (χ4n) is 4.33. The number of aryl methyl sites for hydroxylation is 2. The molecule has 2 N–H and O–H groups in total. The van der Waals surface area contributed by atoms with Crippen molar-refractivity contribution in [3.05, 3.63) is 57.7 Å². The van der Waals surface area contributed by atoms with Gasteiger partial charge < -0.3 is 10.2 Å². The molecule has 0 spiro atoms. The molecule has 0 atom stereocenters. The molecular formula is C23H22Cl2N4O2S2. The molecule has 4 aromatic rings. The van der Waals surface area contributed by atoms with Gasteiger partial charge in [-0.1, -0.05) is 23.2 Å². The largest absolute Gasteiger partial charge is 0.368 e. The fourth-order valence-corrected chi connectivity index (χ4v) is 7.72. The van der Waals surface area contributed by atoms with E-state index in [0.29, 0.717) is 26.0 Å². The van der Waals surface area contributed by atoms with Gasteiger partial charge in [0.25, 0.3) is 10.0 Å². The topological polar surface area (TPSA) is 74.3 Å². The first-order valence-electron chi connectivity index (χ1n) is 10.5. The molecule has 0 radical (unpaired) electrons. The number of hydrogen-bond acceptors (Lipinski definition) is 6. The van der Waals surface area contributed by atoms with Crippen molar-refractivity contribution in [2.24, 2.45) is 0 Å². The number of hydrogen-bond donors (Lipinski definition) is 2. The summed E-state index contributed by atoms with van der Waals surface area (Å²) in [4.78, 5) is 6.88. The van der Waals surface area contributed by atoms with E-state index < -0.39 is 10.0 Å². The van der Waals surface area contributed by atoms with Crippen molar-refractivity contribution < 1.29 is 8.42 Å². The molecule has 1 aliphatic rings. The zero-order chi connectivity index (χ0) is 23.3. The maximum Gasteiger partial charge on any atom is 0.271 e. The normalized spacial score (nSPS) is 14.8. The number of aromatic nitrogens is 1. The van der Waals surface area contributed by atoms with Crippen molar-refractivity contribution in [3.8, 4) is 0 Å². The number of benzene rings is 2. The van der Waals surface area contributed by atoms with Crippen LogP contribution in [0.5, 0.6) is 0 Å². The van der Waals surface area contributed by atoms with Crippen LogP contribution in [0.3, 0.4) is 0 Å². The van der Waals surface area contributed by atoms with E-state index in [2.05, 4.69) is 19.9 Å². The summed E-state index contributed by atoms with van der Waals surface area (Å²) >= 11 is 13.6. The quantitative estimate of drug-likeness (QED) is 0.367. The van der Waals surface area contributed by atoms with Gasteiger partial charge in [-0.25, -0.2) is 8.42 Å². The van der Waals surface area contributed by atoms with E-state index in [1.807, 2.05) is 25.3 Å². The summed E-state index contributed by atoms with van der Waals surface area (Å²) in [6.07, 6.45) is 1.87. The van der Waals surface area contributed by atoms with Crippen LogP contribution >= 0.6 is 34.5 Å². The smallest absolute Gasteiger partial charge is 0.271 e. The molecule has 1 fully saturated rings. The summed E-state index contributed by atoms with van der Waals surface area (Å²) < 4.78 is 30.4. The highest BCUT2D eigenvalue weighted by molar-refractivity contribution is 7.95. The molecule has 5 rings (SSSR count). The second-order valence-corrected chi connectivity index (χ2v) is 11.9. The molecular weight excluding hydrogens is 499 g/mol. The summed E-state index contributed by atoms with van der Waals surface area (Å²) in [7, 11) is -3.83. The molecule has 10 heteroatoms. The Morgan fingerprint density at radius 2 is 1.85 bits per heavy atom. The van der Waals surface area contributed by atoms with Crippen molar-refractivity contribution in [3.63, 3.8) is 0 Å². The molecule has 1 saturated heterocycles. The van der Waals surface area contributed by atoms with Crippen LogP contribution in [0.15, 0.2) is 40.7 Å². The van der Waals surface area contributed by atoms with Gasteiger partial charge >= 0.3 is 0 Å². The van der Waals surface area contributed by atoms with Gasteiger partial charge in [-0.2, -0.15) is 0 Å². The second kappa shape index (κ2) is 8.60. The number of rotatable bonds is 4. The molecule has 0 unspecified atom stereocenters.